The Bertz CT molecular complexity index is 1400. The molecule has 1 aliphatic carbocycles. The number of carbonyl (C=O) groups is 3. The molecule has 3 fully saturated rings. The molecule has 0 radical (unpaired) electrons. The van der Waals surface area contributed by atoms with Crippen LogP contribution in [0.25, 0.3) is 0 Å². The van der Waals surface area contributed by atoms with E-state index in [0.29, 0.717) is 30.3 Å². The molecule has 3 heterocycles. The molecule has 3 aliphatic heterocycles. The average Bonchev–Trinajstić information content (AvgIpc) is 3.66. The number of hydrogen-bond donors (Lipinski definition) is 2. The van der Waals surface area contributed by atoms with E-state index in [4.69, 9.17) is 9.47 Å². The summed E-state index contributed by atoms with van der Waals surface area (Å²) in [6.45, 7) is 4.14. The largest absolute Gasteiger partial charge is 0.497 e. The Morgan fingerprint density at radius 2 is 1.89 bits per heavy atom. The number of ether oxygens (including phenoxy) is 2. The van der Waals surface area contributed by atoms with Crippen LogP contribution in [-0.4, -0.2) is 78.6 Å². The van der Waals surface area contributed by atoms with Gasteiger partial charge in [-0.2, -0.15) is 0 Å². The third-order valence-corrected chi connectivity index (χ3v) is 9.94. The molecule has 9 heteroatoms. The van der Waals surface area contributed by atoms with E-state index in [-0.39, 0.29) is 23.8 Å². The Morgan fingerprint density at radius 1 is 1.09 bits per heavy atom. The molecule has 2 aromatic carbocycles. The summed E-state index contributed by atoms with van der Waals surface area (Å²) >= 11 is 0. The lowest BCUT2D eigenvalue weighted by Gasteiger charge is -2.36. The van der Waals surface area contributed by atoms with E-state index >= 15 is 0 Å². The molecular formula is C35H44N4O5. The first kappa shape index (κ1) is 30.3. The summed E-state index contributed by atoms with van der Waals surface area (Å²) in [5.41, 5.74) is 0.634. The minimum atomic E-state index is -1.17. The molecule has 1 spiro atoms. The summed E-state index contributed by atoms with van der Waals surface area (Å²) in [5.74, 6) is -1.19. The topological polar surface area (TPSA) is 100 Å². The van der Waals surface area contributed by atoms with Crippen molar-refractivity contribution in [3.63, 3.8) is 0 Å². The van der Waals surface area contributed by atoms with E-state index in [0.717, 1.165) is 32.4 Å². The number of hydrogen-bond acceptors (Lipinski definition) is 6. The standard InChI is InChI=1S/C35H44N4O5/c1-23-11-7-8-16-27(23)37-33(41)31-35-18-17-28(44-35)29(32(40)36-25-14-9-15-26(21-25)43-3)30(35)34(42)39(31)20-10-19-38(2)22-24-12-5-4-6-13-24/h4-6,9,12-15,17-18,21,23,27-31H,7-8,10-11,16,19-20,22H2,1-3H3,(H,36,40)(H,37,41). The lowest BCUT2D eigenvalue weighted by Crippen LogP contribution is -2.57. The number of nitrogens with zero attached hydrogens (tertiary/aromatic N) is 2. The average molecular weight is 601 g/mol. The Balaban J connectivity index is 1.22. The van der Waals surface area contributed by atoms with Crippen molar-refractivity contribution < 1.29 is 23.9 Å². The predicted octanol–water partition coefficient (Wildman–Crippen LogP) is 4.00. The Morgan fingerprint density at radius 3 is 2.66 bits per heavy atom. The normalized spacial score (nSPS) is 30.5. The summed E-state index contributed by atoms with van der Waals surface area (Å²) < 4.78 is 11.8. The highest BCUT2D eigenvalue weighted by molar-refractivity contribution is 6.02. The van der Waals surface area contributed by atoms with Gasteiger partial charge in [0.05, 0.1) is 25.0 Å². The van der Waals surface area contributed by atoms with Gasteiger partial charge in [0.15, 0.2) is 0 Å². The van der Waals surface area contributed by atoms with Crippen LogP contribution in [0.15, 0.2) is 66.7 Å². The van der Waals surface area contributed by atoms with Gasteiger partial charge >= 0.3 is 0 Å². The van der Waals surface area contributed by atoms with Crippen LogP contribution in [0.2, 0.25) is 0 Å². The highest BCUT2D eigenvalue weighted by Gasteiger charge is 2.72. The maximum atomic E-state index is 14.3. The first-order valence-electron chi connectivity index (χ1n) is 16.0. The third-order valence-electron chi connectivity index (χ3n) is 9.94. The van der Waals surface area contributed by atoms with Crippen LogP contribution in [0.5, 0.6) is 5.75 Å². The number of carbonyl (C=O) groups excluding carboxylic acids is 3. The molecule has 1 saturated carbocycles. The van der Waals surface area contributed by atoms with Gasteiger partial charge in [0.25, 0.3) is 0 Å². The number of likely N-dealkylation sites (tertiary alicyclic amines) is 1. The van der Waals surface area contributed by atoms with Crippen molar-refractivity contribution in [2.24, 2.45) is 17.8 Å². The molecule has 6 rings (SSSR count). The summed E-state index contributed by atoms with van der Waals surface area (Å²) in [7, 11) is 3.64. The maximum Gasteiger partial charge on any atom is 0.246 e. The van der Waals surface area contributed by atoms with E-state index in [1.807, 2.05) is 30.4 Å². The van der Waals surface area contributed by atoms with E-state index in [9.17, 15) is 14.4 Å². The number of anilines is 1. The molecule has 2 bridgehead atoms. The van der Waals surface area contributed by atoms with Gasteiger partial charge in [-0.05, 0) is 56.5 Å². The van der Waals surface area contributed by atoms with Crippen molar-refractivity contribution >= 4 is 23.4 Å². The van der Waals surface area contributed by atoms with E-state index in [1.54, 1.807) is 36.3 Å². The van der Waals surface area contributed by atoms with Gasteiger partial charge in [-0.1, -0.05) is 68.3 Å². The van der Waals surface area contributed by atoms with Crippen molar-refractivity contribution in [2.75, 3.05) is 32.6 Å². The first-order valence-corrected chi connectivity index (χ1v) is 16.0. The second-order valence-electron chi connectivity index (χ2n) is 12.9. The Labute approximate surface area is 260 Å². The molecule has 7 atom stereocenters. The molecule has 44 heavy (non-hydrogen) atoms. The summed E-state index contributed by atoms with van der Waals surface area (Å²) in [6.07, 6.45) is 8.11. The molecule has 2 aromatic rings. The van der Waals surface area contributed by atoms with Crippen LogP contribution in [0.1, 0.15) is 44.6 Å². The van der Waals surface area contributed by atoms with Crippen molar-refractivity contribution in [3.8, 4) is 5.75 Å². The van der Waals surface area contributed by atoms with Crippen LogP contribution >= 0.6 is 0 Å². The lowest BCUT2D eigenvalue weighted by molar-refractivity contribution is -0.141. The zero-order chi connectivity index (χ0) is 30.8. The van der Waals surface area contributed by atoms with Gasteiger partial charge in [-0.25, -0.2) is 0 Å². The number of nitrogens with one attached hydrogen (secondary N) is 2. The number of methoxy groups -OCH3 is 1. The fourth-order valence-electron chi connectivity index (χ4n) is 7.71. The molecule has 7 unspecified atom stereocenters. The maximum absolute atomic E-state index is 14.3. The number of rotatable bonds is 11. The lowest BCUT2D eigenvalue weighted by atomic mass is 9.74. The molecule has 234 valence electrons. The number of fused-ring (bicyclic) bond motifs is 1. The van der Waals surface area contributed by atoms with E-state index < -0.39 is 29.6 Å². The van der Waals surface area contributed by atoms with Crippen molar-refractivity contribution in [3.05, 3.63) is 72.3 Å². The molecule has 9 nitrogen and oxygen atoms in total. The van der Waals surface area contributed by atoms with E-state index in [2.05, 4.69) is 41.6 Å². The minimum absolute atomic E-state index is 0.0652. The molecular weight excluding hydrogens is 556 g/mol. The van der Waals surface area contributed by atoms with Crippen molar-refractivity contribution in [2.45, 2.75) is 69.4 Å². The Kier molecular flexibility index (Phi) is 8.78. The Hall–Kier alpha value is -3.69. The number of benzene rings is 2. The van der Waals surface area contributed by atoms with Crippen molar-refractivity contribution in [1.82, 2.24) is 15.1 Å². The molecule has 2 saturated heterocycles. The van der Waals surface area contributed by atoms with Crippen LogP contribution in [0, 0.1) is 17.8 Å². The van der Waals surface area contributed by atoms with Gasteiger partial charge in [-0.3, -0.25) is 14.4 Å². The fourth-order valence-corrected chi connectivity index (χ4v) is 7.71. The van der Waals surface area contributed by atoms with Crippen LogP contribution in [0.3, 0.4) is 0 Å². The fraction of sp³-hybridized carbons (Fsp3) is 0.514. The second kappa shape index (κ2) is 12.7. The molecule has 0 aromatic heterocycles. The first-order chi connectivity index (χ1) is 21.3. The van der Waals surface area contributed by atoms with Gasteiger partial charge in [-0.15, -0.1) is 0 Å². The summed E-state index contributed by atoms with van der Waals surface area (Å²) in [6, 6.07) is 16.6. The van der Waals surface area contributed by atoms with E-state index in [1.165, 1.54) is 12.0 Å². The second-order valence-corrected chi connectivity index (χ2v) is 12.9. The highest BCUT2D eigenvalue weighted by atomic mass is 16.5. The van der Waals surface area contributed by atoms with Gasteiger partial charge in [0, 0.05) is 30.9 Å². The zero-order valence-electron chi connectivity index (χ0n) is 25.9. The molecule has 3 amide bonds. The van der Waals surface area contributed by atoms with Crippen molar-refractivity contribution in [1.29, 1.82) is 0 Å². The van der Waals surface area contributed by atoms with Gasteiger partial charge in [0.2, 0.25) is 17.7 Å². The van der Waals surface area contributed by atoms with Crippen LogP contribution in [0.4, 0.5) is 5.69 Å². The molecule has 2 N–H and O–H groups in total. The molecule has 4 aliphatic rings. The van der Waals surface area contributed by atoms with Gasteiger partial charge < -0.3 is 29.9 Å². The SMILES string of the molecule is COc1cccc(NC(=O)C2C3C=CC4(O3)C2C(=O)N(CCCN(C)Cc2ccccc2)C4C(=O)NC2CCCCC2C)c1. The zero-order valence-corrected chi connectivity index (χ0v) is 25.9. The highest BCUT2D eigenvalue weighted by Crippen LogP contribution is 2.55. The summed E-state index contributed by atoms with van der Waals surface area (Å²) in [4.78, 5) is 46.2. The monoisotopic (exact) mass is 600 g/mol. The predicted molar refractivity (Wildman–Crippen MR) is 168 cm³/mol. The minimum Gasteiger partial charge on any atom is -0.497 e. The summed E-state index contributed by atoms with van der Waals surface area (Å²) in [5, 5.41) is 6.28. The third kappa shape index (κ3) is 5.75. The number of amides is 3. The van der Waals surface area contributed by atoms with Crippen LogP contribution < -0.4 is 15.4 Å². The quantitative estimate of drug-likeness (QED) is 0.379. The van der Waals surface area contributed by atoms with Crippen LogP contribution in [-0.2, 0) is 25.7 Å². The smallest absolute Gasteiger partial charge is 0.246 e. The van der Waals surface area contributed by atoms with Gasteiger partial charge in [0.1, 0.15) is 17.4 Å².